The van der Waals surface area contributed by atoms with Crippen molar-refractivity contribution in [1.82, 2.24) is 19.9 Å². The van der Waals surface area contributed by atoms with Crippen molar-refractivity contribution in [2.75, 3.05) is 17.6 Å². The number of imidazole rings is 1. The van der Waals surface area contributed by atoms with Crippen molar-refractivity contribution in [2.45, 2.75) is 6.42 Å². The van der Waals surface area contributed by atoms with E-state index in [1.165, 1.54) is 13.4 Å². The Morgan fingerprint density at radius 3 is 2.95 bits per heavy atom. The van der Waals surface area contributed by atoms with Gasteiger partial charge in [0.05, 0.1) is 25.6 Å². The predicted octanol–water partition coefficient (Wildman–Crippen LogP) is 0.311. The Morgan fingerprint density at radius 1 is 1.50 bits per heavy atom. The average molecular weight is 320 g/mol. The number of sulfonamides is 1. The molecule has 0 spiro atoms. The summed E-state index contributed by atoms with van der Waals surface area (Å²) >= 11 is 5.85. The van der Waals surface area contributed by atoms with E-state index in [0.717, 1.165) is 0 Å². The number of esters is 1. The minimum atomic E-state index is -3.78. The van der Waals surface area contributed by atoms with Gasteiger partial charge in [0.2, 0.25) is 16.0 Å². The van der Waals surface area contributed by atoms with Crippen LogP contribution in [0.2, 0.25) is 5.15 Å². The molecular formula is C9H10ClN5O4S. The molecule has 0 atom stereocenters. The molecule has 0 unspecified atom stereocenters. The molecule has 0 aromatic carbocycles. The van der Waals surface area contributed by atoms with E-state index in [0.29, 0.717) is 5.52 Å². The summed E-state index contributed by atoms with van der Waals surface area (Å²) < 4.78 is 30.0. The van der Waals surface area contributed by atoms with E-state index < -0.39 is 21.7 Å². The number of anilines is 1. The summed E-state index contributed by atoms with van der Waals surface area (Å²) in [4.78, 5) is 25.2. The van der Waals surface area contributed by atoms with Gasteiger partial charge in [0.15, 0.2) is 10.8 Å². The van der Waals surface area contributed by atoms with Gasteiger partial charge in [0.1, 0.15) is 5.52 Å². The third kappa shape index (κ3) is 3.33. The zero-order valence-electron chi connectivity index (χ0n) is 10.3. The van der Waals surface area contributed by atoms with Gasteiger partial charge in [-0.1, -0.05) is 11.6 Å². The first-order chi connectivity index (χ1) is 9.41. The van der Waals surface area contributed by atoms with Crippen LogP contribution < -0.4 is 4.72 Å². The molecule has 2 aromatic heterocycles. The van der Waals surface area contributed by atoms with Crippen LogP contribution in [0, 0.1) is 0 Å². The highest BCUT2D eigenvalue weighted by Crippen LogP contribution is 2.18. The summed E-state index contributed by atoms with van der Waals surface area (Å²) in [5.74, 6) is -1.28. The SMILES string of the molecule is COC(=O)CCS(=O)(=O)Nc1nc(Cl)c2[nH]cnc2n1. The van der Waals surface area contributed by atoms with E-state index in [1.54, 1.807) is 0 Å². The molecule has 0 aliphatic carbocycles. The van der Waals surface area contributed by atoms with Crippen molar-refractivity contribution in [1.29, 1.82) is 0 Å². The number of rotatable bonds is 5. The Bertz CT molecular complexity index is 744. The topological polar surface area (TPSA) is 127 Å². The lowest BCUT2D eigenvalue weighted by Crippen LogP contribution is -2.20. The first-order valence-corrected chi connectivity index (χ1v) is 7.38. The van der Waals surface area contributed by atoms with Crippen LogP contribution in [0.5, 0.6) is 0 Å². The summed E-state index contributed by atoms with van der Waals surface area (Å²) in [5.41, 5.74) is 0.639. The van der Waals surface area contributed by atoms with E-state index in [9.17, 15) is 13.2 Å². The van der Waals surface area contributed by atoms with Gasteiger partial charge >= 0.3 is 5.97 Å². The summed E-state index contributed by atoms with van der Waals surface area (Å²) in [7, 11) is -2.60. The molecule has 108 valence electrons. The van der Waals surface area contributed by atoms with E-state index in [2.05, 4.69) is 29.4 Å². The maximum atomic E-state index is 11.7. The summed E-state index contributed by atoms with van der Waals surface area (Å²) in [5, 5.41) is 0.0400. The fourth-order valence-corrected chi connectivity index (χ4v) is 2.48. The number of methoxy groups -OCH3 is 1. The van der Waals surface area contributed by atoms with Gasteiger partial charge in [-0.25, -0.2) is 13.4 Å². The summed E-state index contributed by atoms with van der Waals surface area (Å²) in [6.45, 7) is 0. The zero-order valence-corrected chi connectivity index (χ0v) is 11.8. The molecular weight excluding hydrogens is 310 g/mol. The quantitative estimate of drug-likeness (QED) is 0.599. The minimum absolute atomic E-state index is 0.0400. The number of fused-ring (bicyclic) bond motifs is 1. The van der Waals surface area contributed by atoms with Crippen molar-refractivity contribution in [3.05, 3.63) is 11.5 Å². The Kier molecular flexibility index (Phi) is 4.04. The number of halogens is 1. The Balaban J connectivity index is 2.16. The number of hydrogen-bond donors (Lipinski definition) is 2. The number of carbonyl (C=O) groups excluding carboxylic acids is 1. The van der Waals surface area contributed by atoms with Crippen LogP contribution in [0.4, 0.5) is 5.95 Å². The molecule has 0 aliphatic heterocycles. The molecule has 0 fully saturated rings. The van der Waals surface area contributed by atoms with Crippen LogP contribution in [0.1, 0.15) is 6.42 Å². The van der Waals surface area contributed by atoms with Crippen molar-refractivity contribution in [2.24, 2.45) is 0 Å². The summed E-state index contributed by atoms with van der Waals surface area (Å²) in [6, 6.07) is 0. The van der Waals surface area contributed by atoms with Gasteiger partial charge in [-0.3, -0.25) is 9.52 Å². The van der Waals surface area contributed by atoms with Gasteiger partial charge in [0, 0.05) is 0 Å². The maximum Gasteiger partial charge on any atom is 0.306 e. The number of carbonyl (C=O) groups is 1. The lowest BCUT2D eigenvalue weighted by molar-refractivity contribution is -0.140. The minimum Gasteiger partial charge on any atom is -0.469 e. The number of nitrogens with one attached hydrogen (secondary N) is 2. The standard InChI is InChI=1S/C9H10ClN5O4S/c1-19-5(16)2-3-20(17,18)15-9-13-7(10)6-8(14-9)12-4-11-6/h4H,2-3H2,1H3,(H2,11,12,13,14,15). The number of aromatic amines is 1. The molecule has 0 aliphatic rings. The first-order valence-electron chi connectivity index (χ1n) is 5.35. The fourth-order valence-electron chi connectivity index (χ4n) is 1.35. The van der Waals surface area contributed by atoms with Crippen molar-refractivity contribution >= 4 is 44.7 Å². The molecule has 0 bridgehead atoms. The smallest absolute Gasteiger partial charge is 0.306 e. The number of H-pyrrole nitrogens is 1. The Morgan fingerprint density at radius 2 is 2.25 bits per heavy atom. The molecule has 20 heavy (non-hydrogen) atoms. The van der Waals surface area contributed by atoms with Gasteiger partial charge in [-0.05, 0) is 0 Å². The number of nitrogens with zero attached hydrogens (tertiary/aromatic N) is 3. The Hall–Kier alpha value is -1.94. The van der Waals surface area contributed by atoms with Crippen LogP contribution in [-0.4, -0.2) is 47.2 Å². The highest BCUT2D eigenvalue weighted by molar-refractivity contribution is 7.92. The van der Waals surface area contributed by atoms with Gasteiger partial charge in [-0.15, -0.1) is 0 Å². The van der Waals surface area contributed by atoms with Crippen LogP contribution in [0.15, 0.2) is 6.33 Å². The monoisotopic (exact) mass is 319 g/mol. The van der Waals surface area contributed by atoms with E-state index in [-0.39, 0.29) is 23.2 Å². The van der Waals surface area contributed by atoms with E-state index in [4.69, 9.17) is 11.6 Å². The third-order valence-electron chi connectivity index (χ3n) is 2.29. The number of hydrogen-bond acceptors (Lipinski definition) is 7. The molecule has 11 heteroatoms. The normalized spacial score (nSPS) is 11.5. The van der Waals surface area contributed by atoms with Gasteiger partial charge < -0.3 is 9.72 Å². The zero-order chi connectivity index (χ0) is 14.8. The van der Waals surface area contributed by atoms with Crippen LogP contribution >= 0.6 is 11.6 Å². The molecule has 2 heterocycles. The number of ether oxygens (including phenoxy) is 1. The molecule has 9 nitrogen and oxygen atoms in total. The number of aromatic nitrogens is 4. The lowest BCUT2D eigenvalue weighted by atomic mass is 10.5. The lowest BCUT2D eigenvalue weighted by Gasteiger charge is -2.06. The Labute approximate surface area is 118 Å². The van der Waals surface area contributed by atoms with Crippen LogP contribution in [0.25, 0.3) is 11.2 Å². The van der Waals surface area contributed by atoms with Gasteiger partial charge in [0.25, 0.3) is 0 Å². The molecule has 0 amide bonds. The van der Waals surface area contributed by atoms with Gasteiger partial charge in [-0.2, -0.15) is 9.97 Å². The highest BCUT2D eigenvalue weighted by atomic mass is 35.5. The second-order valence-electron chi connectivity index (χ2n) is 3.69. The third-order valence-corrected chi connectivity index (χ3v) is 3.80. The maximum absolute atomic E-state index is 11.7. The highest BCUT2D eigenvalue weighted by Gasteiger charge is 2.17. The van der Waals surface area contributed by atoms with Crippen LogP contribution in [0.3, 0.4) is 0 Å². The van der Waals surface area contributed by atoms with Crippen molar-refractivity contribution in [3.63, 3.8) is 0 Å². The van der Waals surface area contributed by atoms with Crippen LogP contribution in [-0.2, 0) is 19.6 Å². The van der Waals surface area contributed by atoms with Crippen molar-refractivity contribution < 1.29 is 17.9 Å². The molecule has 0 saturated carbocycles. The van der Waals surface area contributed by atoms with E-state index >= 15 is 0 Å². The molecule has 2 aromatic rings. The molecule has 2 rings (SSSR count). The second kappa shape index (κ2) is 5.59. The second-order valence-corrected chi connectivity index (χ2v) is 5.89. The summed E-state index contributed by atoms with van der Waals surface area (Å²) in [6.07, 6.45) is 1.09. The average Bonchev–Trinajstić information content (AvgIpc) is 2.84. The van der Waals surface area contributed by atoms with E-state index in [1.807, 2.05) is 0 Å². The fraction of sp³-hybridized carbons (Fsp3) is 0.333. The largest absolute Gasteiger partial charge is 0.469 e. The molecule has 2 N–H and O–H groups in total. The first kappa shape index (κ1) is 14.5. The molecule has 0 saturated heterocycles. The molecule has 0 radical (unpaired) electrons. The van der Waals surface area contributed by atoms with Crippen molar-refractivity contribution in [3.8, 4) is 0 Å². The predicted molar refractivity (Wildman–Crippen MR) is 70.7 cm³/mol.